The van der Waals surface area contributed by atoms with E-state index in [2.05, 4.69) is 30.3 Å². The van der Waals surface area contributed by atoms with Gasteiger partial charge in [-0.15, -0.1) is 11.8 Å². The van der Waals surface area contributed by atoms with Gasteiger partial charge in [0.25, 0.3) is 0 Å². The van der Waals surface area contributed by atoms with Crippen LogP contribution < -0.4 is 5.73 Å². The number of hydrogen-bond donors (Lipinski definition) is 1. The van der Waals surface area contributed by atoms with Crippen molar-refractivity contribution < 1.29 is 0 Å². The van der Waals surface area contributed by atoms with Crippen LogP contribution in [0.2, 0.25) is 5.02 Å². The van der Waals surface area contributed by atoms with Gasteiger partial charge in [0.15, 0.2) is 0 Å². The maximum atomic E-state index is 6.17. The van der Waals surface area contributed by atoms with Gasteiger partial charge in [-0.05, 0) is 49.1 Å². The molecule has 0 aliphatic carbocycles. The summed E-state index contributed by atoms with van der Waals surface area (Å²) < 4.78 is 0. The van der Waals surface area contributed by atoms with E-state index in [4.69, 9.17) is 17.3 Å². The molecular formula is C17H20ClNS. The molecule has 2 rings (SSSR count). The van der Waals surface area contributed by atoms with E-state index in [1.807, 2.05) is 24.3 Å². The van der Waals surface area contributed by atoms with Gasteiger partial charge in [-0.2, -0.15) is 0 Å². The Balaban J connectivity index is 1.65. The molecule has 2 aromatic carbocycles. The summed E-state index contributed by atoms with van der Waals surface area (Å²) in [5.41, 5.74) is 7.56. The maximum Gasteiger partial charge on any atom is 0.0406 e. The molecular weight excluding hydrogens is 286 g/mol. The van der Waals surface area contributed by atoms with Crippen LogP contribution in [0.25, 0.3) is 0 Å². The van der Waals surface area contributed by atoms with E-state index in [0.29, 0.717) is 0 Å². The third-order valence-electron chi connectivity index (χ3n) is 3.16. The Morgan fingerprint density at radius 1 is 1.00 bits per heavy atom. The Kier molecular flexibility index (Phi) is 6.44. The van der Waals surface area contributed by atoms with Gasteiger partial charge in [-0.25, -0.2) is 0 Å². The predicted octanol–water partition coefficient (Wildman–Crippen LogP) is 4.78. The molecule has 1 atom stereocenters. The number of benzene rings is 2. The molecule has 2 N–H and O–H groups in total. The summed E-state index contributed by atoms with van der Waals surface area (Å²) >= 11 is 7.67. The number of rotatable bonds is 7. The molecule has 3 heteroatoms. The van der Waals surface area contributed by atoms with Crippen LogP contribution >= 0.6 is 23.4 Å². The van der Waals surface area contributed by atoms with Crippen molar-refractivity contribution in [3.8, 4) is 0 Å². The third-order valence-corrected chi connectivity index (χ3v) is 4.61. The average Bonchev–Trinajstić information content (AvgIpc) is 2.48. The molecule has 0 saturated heterocycles. The van der Waals surface area contributed by atoms with Crippen molar-refractivity contribution in [2.75, 3.05) is 5.75 Å². The van der Waals surface area contributed by atoms with Crippen LogP contribution in [0.5, 0.6) is 0 Å². The second-order valence-electron chi connectivity index (χ2n) is 4.90. The van der Waals surface area contributed by atoms with Crippen LogP contribution in [0.3, 0.4) is 0 Å². The standard InChI is InChI=1S/C17H20ClNS/c18-15-9-11-17(12-10-15)20-13-16(19)8-4-7-14-5-2-1-3-6-14/h1-3,5-6,9-12,16H,4,7-8,13,19H2. The number of hydrogen-bond acceptors (Lipinski definition) is 2. The summed E-state index contributed by atoms with van der Waals surface area (Å²) in [5, 5.41) is 0.779. The first-order valence-electron chi connectivity index (χ1n) is 6.92. The summed E-state index contributed by atoms with van der Waals surface area (Å²) in [7, 11) is 0. The van der Waals surface area contributed by atoms with Crippen LogP contribution in [-0.4, -0.2) is 11.8 Å². The number of thioether (sulfide) groups is 1. The lowest BCUT2D eigenvalue weighted by molar-refractivity contribution is 0.631. The van der Waals surface area contributed by atoms with Crippen LogP contribution in [0.1, 0.15) is 18.4 Å². The second kappa shape index (κ2) is 8.35. The molecule has 0 aliphatic rings. The Morgan fingerprint density at radius 2 is 1.70 bits per heavy atom. The average molecular weight is 306 g/mol. The summed E-state index contributed by atoms with van der Waals surface area (Å²) in [6.07, 6.45) is 3.32. The zero-order valence-corrected chi connectivity index (χ0v) is 13.0. The molecule has 2 aromatic rings. The van der Waals surface area contributed by atoms with Crippen LogP contribution in [0, 0.1) is 0 Å². The van der Waals surface area contributed by atoms with Gasteiger partial charge in [-0.1, -0.05) is 41.9 Å². The van der Waals surface area contributed by atoms with Crippen molar-refractivity contribution in [1.82, 2.24) is 0 Å². The zero-order valence-electron chi connectivity index (χ0n) is 11.5. The highest BCUT2D eigenvalue weighted by Gasteiger charge is 2.04. The smallest absolute Gasteiger partial charge is 0.0406 e. The monoisotopic (exact) mass is 305 g/mol. The van der Waals surface area contributed by atoms with Crippen LogP contribution in [0.15, 0.2) is 59.5 Å². The number of halogens is 1. The van der Waals surface area contributed by atoms with Gasteiger partial charge in [0.2, 0.25) is 0 Å². The topological polar surface area (TPSA) is 26.0 Å². The van der Waals surface area contributed by atoms with Gasteiger partial charge in [0.05, 0.1) is 0 Å². The van der Waals surface area contributed by atoms with Crippen LogP contribution in [0.4, 0.5) is 0 Å². The van der Waals surface area contributed by atoms with Gasteiger partial charge < -0.3 is 5.73 Å². The van der Waals surface area contributed by atoms with Crippen molar-refractivity contribution in [3.05, 3.63) is 65.2 Å². The highest BCUT2D eigenvalue weighted by Crippen LogP contribution is 2.21. The molecule has 0 bridgehead atoms. The summed E-state index contributed by atoms with van der Waals surface area (Å²) in [5.74, 6) is 0.955. The first-order valence-corrected chi connectivity index (χ1v) is 8.28. The molecule has 0 fully saturated rings. The van der Waals surface area contributed by atoms with Gasteiger partial charge in [-0.3, -0.25) is 0 Å². The zero-order chi connectivity index (χ0) is 14.2. The van der Waals surface area contributed by atoms with E-state index >= 15 is 0 Å². The molecule has 0 spiro atoms. The summed E-state index contributed by atoms with van der Waals surface area (Å²) in [4.78, 5) is 1.23. The quantitative estimate of drug-likeness (QED) is 0.745. The lowest BCUT2D eigenvalue weighted by Gasteiger charge is -2.11. The van der Waals surface area contributed by atoms with E-state index in [0.717, 1.165) is 30.0 Å². The van der Waals surface area contributed by atoms with E-state index in [1.54, 1.807) is 11.8 Å². The summed E-state index contributed by atoms with van der Waals surface area (Å²) in [6.45, 7) is 0. The van der Waals surface area contributed by atoms with Crippen LogP contribution in [-0.2, 0) is 6.42 Å². The molecule has 1 unspecified atom stereocenters. The van der Waals surface area contributed by atoms with Crippen molar-refractivity contribution in [2.45, 2.75) is 30.2 Å². The molecule has 0 aromatic heterocycles. The normalized spacial score (nSPS) is 12.3. The molecule has 0 heterocycles. The first-order chi connectivity index (χ1) is 9.74. The molecule has 106 valence electrons. The fraction of sp³-hybridized carbons (Fsp3) is 0.294. The Bertz CT molecular complexity index is 498. The van der Waals surface area contributed by atoms with E-state index in [1.165, 1.54) is 10.5 Å². The molecule has 20 heavy (non-hydrogen) atoms. The fourth-order valence-corrected chi connectivity index (χ4v) is 3.06. The number of nitrogens with two attached hydrogens (primary N) is 1. The third kappa shape index (κ3) is 5.58. The highest BCUT2D eigenvalue weighted by molar-refractivity contribution is 7.99. The largest absolute Gasteiger partial charge is 0.327 e. The molecule has 1 nitrogen and oxygen atoms in total. The first kappa shape index (κ1) is 15.4. The predicted molar refractivity (Wildman–Crippen MR) is 89.5 cm³/mol. The van der Waals surface area contributed by atoms with Crippen molar-refractivity contribution >= 4 is 23.4 Å². The van der Waals surface area contributed by atoms with Crippen molar-refractivity contribution in [2.24, 2.45) is 5.73 Å². The van der Waals surface area contributed by atoms with Crippen molar-refractivity contribution in [1.29, 1.82) is 0 Å². The minimum Gasteiger partial charge on any atom is -0.327 e. The summed E-state index contributed by atoms with van der Waals surface area (Å²) in [6, 6.07) is 18.8. The lowest BCUT2D eigenvalue weighted by Crippen LogP contribution is -2.22. The number of aryl methyl sites for hydroxylation is 1. The van der Waals surface area contributed by atoms with Gasteiger partial charge in [0.1, 0.15) is 0 Å². The minimum absolute atomic E-state index is 0.249. The lowest BCUT2D eigenvalue weighted by atomic mass is 10.1. The Morgan fingerprint density at radius 3 is 2.40 bits per heavy atom. The van der Waals surface area contributed by atoms with Gasteiger partial charge in [0, 0.05) is 21.7 Å². The minimum atomic E-state index is 0.249. The second-order valence-corrected chi connectivity index (χ2v) is 6.43. The highest BCUT2D eigenvalue weighted by atomic mass is 35.5. The maximum absolute atomic E-state index is 6.17. The molecule has 0 saturated carbocycles. The Labute approximate surface area is 130 Å². The van der Waals surface area contributed by atoms with E-state index < -0.39 is 0 Å². The molecule has 0 radical (unpaired) electrons. The Hall–Kier alpha value is -0.960. The SMILES string of the molecule is NC(CCCc1ccccc1)CSc1ccc(Cl)cc1. The van der Waals surface area contributed by atoms with Crippen molar-refractivity contribution in [3.63, 3.8) is 0 Å². The van der Waals surface area contributed by atoms with Gasteiger partial charge >= 0.3 is 0 Å². The van der Waals surface area contributed by atoms with E-state index in [-0.39, 0.29) is 6.04 Å². The van der Waals surface area contributed by atoms with E-state index in [9.17, 15) is 0 Å². The molecule has 0 aliphatic heterocycles. The molecule has 0 amide bonds. The fourth-order valence-electron chi connectivity index (χ4n) is 2.03.